The van der Waals surface area contributed by atoms with Gasteiger partial charge in [-0.25, -0.2) is 14.8 Å². The maximum Gasteiger partial charge on any atom is 0.342 e. The lowest BCUT2D eigenvalue weighted by Gasteiger charge is -2.07. The summed E-state index contributed by atoms with van der Waals surface area (Å²) in [5, 5.41) is 0.778. The second kappa shape index (κ2) is 5.72. The van der Waals surface area contributed by atoms with Gasteiger partial charge in [-0.2, -0.15) is 0 Å². The van der Waals surface area contributed by atoms with Crippen molar-refractivity contribution in [2.45, 2.75) is 27.4 Å². The van der Waals surface area contributed by atoms with Crippen LogP contribution in [0.1, 0.15) is 33.3 Å². The highest BCUT2D eigenvalue weighted by atomic mass is 16.5. The molecule has 0 saturated carbocycles. The zero-order valence-corrected chi connectivity index (χ0v) is 13.2. The van der Waals surface area contributed by atoms with Gasteiger partial charge >= 0.3 is 5.97 Å². The standard InChI is InChI=1S/C17H17N3O3/c1-9-10(2)23-11(3)15(9)17(21)22-8-14-19-13-7-5-4-6-12(13)16(18)20-14/h4-7H,8H2,1-3H3,(H2,18,19,20). The summed E-state index contributed by atoms with van der Waals surface area (Å²) < 4.78 is 10.8. The molecule has 0 aliphatic heterocycles. The minimum atomic E-state index is -0.452. The van der Waals surface area contributed by atoms with Gasteiger partial charge in [0, 0.05) is 10.9 Å². The van der Waals surface area contributed by atoms with Gasteiger partial charge in [-0.15, -0.1) is 0 Å². The average Bonchev–Trinajstić information content (AvgIpc) is 2.78. The molecule has 2 heterocycles. The van der Waals surface area contributed by atoms with Crippen molar-refractivity contribution in [1.29, 1.82) is 0 Å². The molecule has 6 heteroatoms. The highest BCUT2D eigenvalue weighted by Gasteiger charge is 2.20. The number of aromatic nitrogens is 2. The van der Waals surface area contributed by atoms with Crippen molar-refractivity contribution in [3.8, 4) is 0 Å². The lowest BCUT2D eigenvalue weighted by atomic mass is 10.1. The Balaban J connectivity index is 1.82. The van der Waals surface area contributed by atoms with E-state index in [9.17, 15) is 4.79 Å². The molecule has 0 aliphatic carbocycles. The fraction of sp³-hybridized carbons (Fsp3) is 0.235. The van der Waals surface area contributed by atoms with Crippen LogP contribution in [0.15, 0.2) is 28.7 Å². The number of nitrogen functional groups attached to an aromatic ring is 1. The number of hydrogen-bond acceptors (Lipinski definition) is 6. The summed E-state index contributed by atoms with van der Waals surface area (Å²) in [5.41, 5.74) is 7.88. The monoisotopic (exact) mass is 311 g/mol. The van der Waals surface area contributed by atoms with Crippen LogP contribution in [0.2, 0.25) is 0 Å². The molecular weight excluding hydrogens is 294 g/mol. The quantitative estimate of drug-likeness (QED) is 0.747. The normalized spacial score (nSPS) is 10.9. The molecule has 0 atom stereocenters. The Kier molecular flexibility index (Phi) is 3.73. The Hall–Kier alpha value is -2.89. The second-order valence-electron chi connectivity index (χ2n) is 5.33. The van der Waals surface area contributed by atoms with E-state index in [2.05, 4.69) is 9.97 Å². The molecule has 0 spiro atoms. The fourth-order valence-electron chi connectivity index (χ4n) is 2.51. The molecule has 3 aromatic rings. The first-order valence-corrected chi connectivity index (χ1v) is 7.22. The number of rotatable bonds is 3. The highest BCUT2D eigenvalue weighted by molar-refractivity contribution is 5.92. The van der Waals surface area contributed by atoms with Crippen LogP contribution in [0.4, 0.5) is 5.82 Å². The number of carbonyl (C=O) groups is 1. The SMILES string of the molecule is Cc1oc(C)c(C(=O)OCc2nc(N)c3ccccc3n2)c1C. The minimum absolute atomic E-state index is 0.0447. The molecule has 2 aromatic heterocycles. The number of hydrogen-bond donors (Lipinski definition) is 1. The molecule has 0 saturated heterocycles. The van der Waals surface area contributed by atoms with Gasteiger partial charge in [0.1, 0.15) is 22.9 Å². The Labute approximate surface area is 133 Å². The van der Waals surface area contributed by atoms with Gasteiger partial charge in [-0.3, -0.25) is 0 Å². The van der Waals surface area contributed by atoms with E-state index >= 15 is 0 Å². The molecule has 0 unspecified atom stereocenters. The first kappa shape index (κ1) is 15.0. The molecule has 6 nitrogen and oxygen atoms in total. The number of esters is 1. The van der Waals surface area contributed by atoms with Crippen molar-refractivity contribution in [1.82, 2.24) is 9.97 Å². The van der Waals surface area contributed by atoms with Crippen LogP contribution < -0.4 is 5.73 Å². The molecule has 118 valence electrons. The summed E-state index contributed by atoms with van der Waals surface area (Å²) >= 11 is 0. The van der Waals surface area contributed by atoms with Crippen molar-refractivity contribution in [3.63, 3.8) is 0 Å². The lowest BCUT2D eigenvalue weighted by Crippen LogP contribution is -2.10. The van der Waals surface area contributed by atoms with Crippen LogP contribution in [0, 0.1) is 20.8 Å². The largest absolute Gasteiger partial charge is 0.465 e. The van der Waals surface area contributed by atoms with Gasteiger partial charge in [0.15, 0.2) is 12.4 Å². The van der Waals surface area contributed by atoms with E-state index in [-0.39, 0.29) is 6.61 Å². The van der Waals surface area contributed by atoms with Gasteiger partial charge in [0.2, 0.25) is 0 Å². The van der Waals surface area contributed by atoms with Crippen LogP contribution in [-0.2, 0) is 11.3 Å². The van der Waals surface area contributed by atoms with E-state index in [0.717, 1.165) is 16.5 Å². The second-order valence-corrected chi connectivity index (χ2v) is 5.33. The summed E-state index contributed by atoms with van der Waals surface area (Å²) in [7, 11) is 0. The first-order valence-electron chi connectivity index (χ1n) is 7.22. The van der Waals surface area contributed by atoms with Gasteiger partial charge in [0.05, 0.1) is 5.52 Å². The van der Waals surface area contributed by atoms with E-state index in [1.807, 2.05) is 38.1 Å². The predicted molar refractivity (Wildman–Crippen MR) is 86.0 cm³/mol. The van der Waals surface area contributed by atoms with Crippen molar-refractivity contribution >= 4 is 22.7 Å². The van der Waals surface area contributed by atoms with E-state index in [4.69, 9.17) is 14.9 Å². The third-order valence-corrected chi connectivity index (χ3v) is 3.78. The summed E-state index contributed by atoms with van der Waals surface area (Å²) in [5.74, 6) is 1.54. The van der Waals surface area contributed by atoms with Gasteiger partial charge in [0.25, 0.3) is 0 Å². The van der Waals surface area contributed by atoms with E-state index < -0.39 is 5.97 Å². The Bertz CT molecular complexity index is 899. The lowest BCUT2D eigenvalue weighted by molar-refractivity contribution is 0.0460. The van der Waals surface area contributed by atoms with Crippen molar-refractivity contribution in [3.05, 3.63) is 52.7 Å². The van der Waals surface area contributed by atoms with Gasteiger partial charge in [-0.05, 0) is 32.9 Å². The molecule has 0 aliphatic rings. The minimum Gasteiger partial charge on any atom is -0.465 e. The number of aryl methyl sites for hydroxylation is 2. The number of benzene rings is 1. The number of anilines is 1. The molecule has 3 rings (SSSR count). The molecule has 0 bridgehead atoms. The Morgan fingerprint density at radius 1 is 1.17 bits per heavy atom. The number of nitrogens with zero attached hydrogens (tertiary/aromatic N) is 2. The maximum absolute atomic E-state index is 12.3. The van der Waals surface area contributed by atoms with E-state index in [1.165, 1.54) is 0 Å². The molecule has 1 aromatic carbocycles. The van der Waals surface area contributed by atoms with Crippen LogP contribution in [0.3, 0.4) is 0 Å². The number of para-hydroxylation sites is 1. The zero-order valence-electron chi connectivity index (χ0n) is 13.2. The smallest absolute Gasteiger partial charge is 0.342 e. The number of ether oxygens (including phenoxy) is 1. The van der Waals surface area contributed by atoms with Crippen LogP contribution >= 0.6 is 0 Å². The molecular formula is C17H17N3O3. The molecule has 0 fully saturated rings. The van der Waals surface area contributed by atoms with E-state index in [0.29, 0.717) is 28.7 Å². The van der Waals surface area contributed by atoms with Crippen LogP contribution in [0.25, 0.3) is 10.9 Å². The molecule has 0 radical (unpaired) electrons. The summed E-state index contributed by atoms with van der Waals surface area (Å²) in [6, 6.07) is 7.42. The number of nitrogens with two attached hydrogens (primary N) is 1. The number of carbonyl (C=O) groups excluding carboxylic acids is 1. The fourth-order valence-corrected chi connectivity index (χ4v) is 2.51. The molecule has 2 N–H and O–H groups in total. The predicted octanol–water partition coefficient (Wildman–Crippen LogP) is 3.09. The Morgan fingerprint density at radius 3 is 2.61 bits per heavy atom. The van der Waals surface area contributed by atoms with Crippen LogP contribution in [0.5, 0.6) is 0 Å². The van der Waals surface area contributed by atoms with Crippen molar-refractivity contribution in [2.75, 3.05) is 5.73 Å². The third kappa shape index (κ3) is 2.75. The van der Waals surface area contributed by atoms with Crippen LogP contribution in [-0.4, -0.2) is 15.9 Å². The molecule has 0 amide bonds. The molecule has 23 heavy (non-hydrogen) atoms. The maximum atomic E-state index is 12.3. The highest BCUT2D eigenvalue weighted by Crippen LogP contribution is 2.22. The zero-order chi connectivity index (χ0) is 16.6. The number of furan rings is 1. The van der Waals surface area contributed by atoms with Gasteiger partial charge < -0.3 is 14.9 Å². The summed E-state index contributed by atoms with van der Waals surface area (Å²) in [6.07, 6.45) is 0. The van der Waals surface area contributed by atoms with Gasteiger partial charge in [-0.1, -0.05) is 12.1 Å². The third-order valence-electron chi connectivity index (χ3n) is 3.78. The van der Waals surface area contributed by atoms with Crippen molar-refractivity contribution in [2.24, 2.45) is 0 Å². The first-order chi connectivity index (χ1) is 11.0. The van der Waals surface area contributed by atoms with E-state index in [1.54, 1.807) is 6.92 Å². The summed E-state index contributed by atoms with van der Waals surface area (Å²) in [6.45, 7) is 5.33. The Morgan fingerprint density at radius 2 is 1.91 bits per heavy atom. The average molecular weight is 311 g/mol. The number of fused-ring (bicyclic) bond motifs is 1. The van der Waals surface area contributed by atoms with Crippen molar-refractivity contribution < 1.29 is 13.9 Å². The summed E-state index contributed by atoms with van der Waals surface area (Å²) in [4.78, 5) is 20.8. The topological polar surface area (TPSA) is 91.2 Å².